The Hall–Kier alpha value is -1.84. The lowest BCUT2D eigenvalue weighted by Gasteiger charge is -2.14. The number of hydrogen-bond acceptors (Lipinski definition) is 1. The number of carbonyl (C=O) groups excluding carboxylic acids is 1. The molecule has 0 aliphatic rings. The summed E-state index contributed by atoms with van der Waals surface area (Å²) in [5.41, 5.74) is 2.07. The van der Waals surface area contributed by atoms with Gasteiger partial charge in [-0.25, -0.2) is 0 Å². The summed E-state index contributed by atoms with van der Waals surface area (Å²) in [6.45, 7) is 1.73. The normalized spacial score (nSPS) is 11.9. The number of quaternary nitrogens is 1. The Kier molecular flexibility index (Phi) is 5.78. The number of rotatable bonds is 6. The Morgan fingerprint density at radius 3 is 2.43 bits per heavy atom. The third kappa shape index (κ3) is 5.58. The van der Waals surface area contributed by atoms with Gasteiger partial charge in [-0.15, -0.1) is 0 Å². The highest BCUT2D eigenvalue weighted by Gasteiger charge is 2.08. The standard InChI is InChI=1S/C17H19ClN2O/c1-20(13-14-5-3-2-4-6-14)12-11-17(21)19-16-9-7-15(18)8-10-16/h2-10H,11-13H2,1H3,(H,19,21)/p+1. The Morgan fingerprint density at radius 1 is 1.10 bits per heavy atom. The van der Waals surface area contributed by atoms with Crippen molar-refractivity contribution in [1.82, 2.24) is 0 Å². The smallest absolute Gasteiger partial charge is 0.230 e. The van der Waals surface area contributed by atoms with Gasteiger partial charge in [0.25, 0.3) is 0 Å². The predicted molar refractivity (Wildman–Crippen MR) is 86.6 cm³/mol. The van der Waals surface area contributed by atoms with Crippen LogP contribution in [-0.2, 0) is 11.3 Å². The molecule has 0 saturated carbocycles. The van der Waals surface area contributed by atoms with Crippen LogP contribution in [0.5, 0.6) is 0 Å². The van der Waals surface area contributed by atoms with Gasteiger partial charge in [0.05, 0.1) is 20.0 Å². The van der Waals surface area contributed by atoms with Crippen molar-refractivity contribution in [3.63, 3.8) is 0 Å². The van der Waals surface area contributed by atoms with Crippen LogP contribution in [-0.4, -0.2) is 19.5 Å². The molecule has 4 heteroatoms. The van der Waals surface area contributed by atoms with Crippen molar-refractivity contribution in [2.24, 2.45) is 0 Å². The Morgan fingerprint density at radius 2 is 1.76 bits per heavy atom. The maximum atomic E-state index is 11.9. The van der Waals surface area contributed by atoms with Gasteiger partial charge in [0, 0.05) is 16.3 Å². The molecule has 2 aromatic carbocycles. The van der Waals surface area contributed by atoms with Gasteiger partial charge < -0.3 is 10.2 Å². The fourth-order valence-electron chi connectivity index (χ4n) is 2.12. The monoisotopic (exact) mass is 303 g/mol. The zero-order valence-corrected chi connectivity index (χ0v) is 12.9. The van der Waals surface area contributed by atoms with Gasteiger partial charge in [-0.2, -0.15) is 0 Å². The predicted octanol–water partition coefficient (Wildman–Crippen LogP) is 2.38. The SMILES string of the molecule is C[NH+](CCC(=O)Nc1ccc(Cl)cc1)Cc1ccccc1. The van der Waals surface area contributed by atoms with Crippen molar-refractivity contribution in [3.8, 4) is 0 Å². The summed E-state index contributed by atoms with van der Waals surface area (Å²) in [5.74, 6) is 0.0322. The molecule has 0 aliphatic carbocycles. The van der Waals surface area contributed by atoms with Crippen LogP contribution in [0.3, 0.4) is 0 Å². The van der Waals surface area contributed by atoms with Gasteiger partial charge in [0.15, 0.2) is 0 Å². The van der Waals surface area contributed by atoms with Gasteiger partial charge >= 0.3 is 0 Å². The van der Waals surface area contributed by atoms with Crippen LogP contribution in [0.4, 0.5) is 5.69 Å². The van der Waals surface area contributed by atoms with Crippen molar-refractivity contribution in [2.45, 2.75) is 13.0 Å². The molecule has 110 valence electrons. The number of carbonyl (C=O) groups is 1. The molecular formula is C17H20ClN2O+. The molecule has 2 N–H and O–H groups in total. The molecule has 21 heavy (non-hydrogen) atoms. The van der Waals surface area contributed by atoms with Crippen molar-refractivity contribution < 1.29 is 9.69 Å². The van der Waals surface area contributed by atoms with Crippen molar-refractivity contribution in [1.29, 1.82) is 0 Å². The zero-order chi connectivity index (χ0) is 15.1. The second-order valence-electron chi connectivity index (χ2n) is 5.17. The average Bonchev–Trinajstić information content (AvgIpc) is 2.49. The van der Waals surface area contributed by atoms with E-state index in [1.807, 2.05) is 18.2 Å². The summed E-state index contributed by atoms with van der Waals surface area (Å²) in [7, 11) is 2.10. The minimum absolute atomic E-state index is 0.0322. The van der Waals surface area contributed by atoms with Crippen LogP contribution < -0.4 is 10.2 Å². The van der Waals surface area contributed by atoms with Crippen LogP contribution in [0.1, 0.15) is 12.0 Å². The van der Waals surface area contributed by atoms with Gasteiger partial charge in [-0.05, 0) is 24.3 Å². The molecular weight excluding hydrogens is 284 g/mol. The molecule has 0 bridgehead atoms. The Labute approximate surface area is 130 Å². The van der Waals surface area contributed by atoms with Crippen molar-refractivity contribution in [2.75, 3.05) is 18.9 Å². The van der Waals surface area contributed by atoms with Gasteiger partial charge in [-0.1, -0.05) is 41.9 Å². The largest absolute Gasteiger partial charge is 0.333 e. The van der Waals surface area contributed by atoms with Crippen molar-refractivity contribution in [3.05, 3.63) is 65.2 Å². The quantitative estimate of drug-likeness (QED) is 0.844. The maximum absolute atomic E-state index is 11.9. The van der Waals surface area contributed by atoms with E-state index in [-0.39, 0.29) is 5.91 Å². The molecule has 0 saturated heterocycles. The van der Waals surface area contributed by atoms with Crippen LogP contribution in [0, 0.1) is 0 Å². The second-order valence-corrected chi connectivity index (χ2v) is 5.61. The summed E-state index contributed by atoms with van der Waals surface area (Å²) < 4.78 is 0. The Balaban J connectivity index is 1.74. The van der Waals surface area contributed by atoms with E-state index in [4.69, 9.17) is 11.6 Å². The number of benzene rings is 2. The average molecular weight is 304 g/mol. The first-order valence-corrected chi connectivity index (χ1v) is 7.42. The molecule has 1 unspecified atom stereocenters. The summed E-state index contributed by atoms with van der Waals surface area (Å²) >= 11 is 5.81. The molecule has 0 fully saturated rings. The number of halogens is 1. The molecule has 3 nitrogen and oxygen atoms in total. The first-order chi connectivity index (χ1) is 10.1. The fourth-order valence-corrected chi connectivity index (χ4v) is 2.24. The lowest BCUT2D eigenvalue weighted by Crippen LogP contribution is -3.07. The summed E-state index contributed by atoms with van der Waals surface area (Å²) in [4.78, 5) is 13.2. The molecule has 1 amide bonds. The molecule has 2 aromatic rings. The minimum atomic E-state index is 0.0322. The molecule has 0 heterocycles. The van der Waals surface area contributed by atoms with Crippen LogP contribution in [0.15, 0.2) is 54.6 Å². The highest BCUT2D eigenvalue weighted by molar-refractivity contribution is 6.30. The number of hydrogen-bond donors (Lipinski definition) is 2. The van der Waals surface area contributed by atoms with Crippen LogP contribution in [0.25, 0.3) is 0 Å². The summed E-state index contributed by atoms with van der Waals surface area (Å²) in [6.07, 6.45) is 0.501. The first kappa shape index (κ1) is 15.5. The van der Waals surface area contributed by atoms with E-state index in [9.17, 15) is 4.79 Å². The first-order valence-electron chi connectivity index (χ1n) is 7.04. The van der Waals surface area contributed by atoms with E-state index in [0.29, 0.717) is 11.4 Å². The van der Waals surface area contributed by atoms with Gasteiger partial charge in [0.1, 0.15) is 6.54 Å². The fraction of sp³-hybridized carbons (Fsp3) is 0.235. The molecule has 1 atom stereocenters. The van der Waals surface area contributed by atoms with Crippen LogP contribution in [0.2, 0.25) is 5.02 Å². The lowest BCUT2D eigenvalue weighted by atomic mass is 10.2. The number of amides is 1. The van der Waals surface area contributed by atoms with E-state index >= 15 is 0 Å². The highest BCUT2D eigenvalue weighted by atomic mass is 35.5. The summed E-state index contributed by atoms with van der Waals surface area (Å²) in [6, 6.07) is 17.5. The zero-order valence-electron chi connectivity index (χ0n) is 12.1. The lowest BCUT2D eigenvalue weighted by molar-refractivity contribution is -0.893. The van der Waals surface area contributed by atoms with E-state index in [0.717, 1.165) is 18.8 Å². The molecule has 0 radical (unpaired) electrons. The van der Waals surface area contributed by atoms with E-state index in [1.165, 1.54) is 10.5 Å². The molecule has 2 rings (SSSR count). The van der Waals surface area contributed by atoms with Gasteiger partial charge in [-0.3, -0.25) is 4.79 Å². The molecule has 0 aromatic heterocycles. The van der Waals surface area contributed by atoms with Crippen molar-refractivity contribution >= 4 is 23.2 Å². The molecule has 0 aliphatic heterocycles. The molecule has 0 spiro atoms. The van der Waals surface area contributed by atoms with E-state index < -0.39 is 0 Å². The highest BCUT2D eigenvalue weighted by Crippen LogP contribution is 2.13. The third-order valence-corrected chi connectivity index (χ3v) is 3.51. The third-order valence-electron chi connectivity index (χ3n) is 3.26. The van der Waals surface area contributed by atoms with Gasteiger partial charge in [0.2, 0.25) is 5.91 Å². The van der Waals surface area contributed by atoms with E-state index in [1.54, 1.807) is 24.3 Å². The topological polar surface area (TPSA) is 33.5 Å². The number of nitrogens with one attached hydrogen (secondary N) is 2. The van der Waals surface area contributed by atoms with E-state index in [2.05, 4.69) is 24.5 Å². The minimum Gasteiger partial charge on any atom is -0.333 e. The maximum Gasteiger partial charge on any atom is 0.230 e. The van der Waals surface area contributed by atoms with Crippen LogP contribution >= 0.6 is 11.6 Å². The Bertz CT molecular complexity index is 569. The second kappa shape index (κ2) is 7.81. The summed E-state index contributed by atoms with van der Waals surface area (Å²) in [5, 5.41) is 3.54. The number of anilines is 1.